The third-order valence-corrected chi connectivity index (χ3v) is 4.59. The lowest BCUT2D eigenvalue weighted by Gasteiger charge is -2.15. The van der Waals surface area contributed by atoms with Crippen LogP contribution in [0.15, 0.2) is 84.6 Å². The van der Waals surface area contributed by atoms with Gasteiger partial charge >= 0.3 is 0 Å². The highest BCUT2D eigenvalue weighted by molar-refractivity contribution is 6.46. The van der Waals surface area contributed by atoms with Crippen molar-refractivity contribution < 1.29 is 18.7 Å². The minimum absolute atomic E-state index is 0.135. The zero-order valence-corrected chi connectivity index (χ0v) is 15.6. The van der Waals surface area contributed by atoms with Crippen molar-refractivity contribution in [2.24, 2.45) is 0 Å². The van der Waals surface area contributed by atoms with Gasteiger partial charge in [-0.15, -0.1) is 0 Å². The number of nitrogens with zero attached hydrogens (tertiary/aromatic N) is 1. The summed E-state index contributed by atoms with van der Waals surface area (Å²) in [6, 6.07) is 21.2. The van der Waals surface area contributed by atoms with Crippen LogP contribution in [0.25, 0.3) is 5.57 Å². The van der Waals surface area contributed by atoms with E-state index in [1.165, 1.54) is 24.3 Å². The molecule has 0 atom stereocenters. The van der Waals surface area contributed by atoms with Crippen LogP contribution in [-0.2, 0) is 9.59 Å². The van der Waals surface area contributed by atoms with Gasteiger partial charge in [0.25, 0.3) is 11.8 Å². The van der Waals surface area contributed by atoms with Gasteiger partial charge < -0.3 is 10.1 Å². The van der Waals surface area contributed by atoms with Gasteiger partial charge in [0, 0.05) is 5.69 Å². The number of anilines is 2. The highest BCUT2D eigenvalue weighted by Gasteiger charge is 2.40. The van der Waals surface area contributed by atoms with E-state index in [0.29, 0.717) is 22.7 Å². The Hall–Kier alpha value is -3.93. The van der Waals surface area contributed by atoms with Crippen LogP contribution in [0.3, 0.4) is 0 Å². The van der Waals surface area contributed by atoms with E-state index < -0.39 is 11.8 Å². The number of amides is 2. The van der Waals surface area contributed by atoms with E-state index in [0.717, 1.165) is 4.90 Å². The molecule has 144 valence electrons. The number of halogens is 1. The molecule has 0 fully saturated rings. The maximum Gasteiger partial charge on any atom is 0.282 e. The number of nitrogens with one attached hydrogen (secondary N) is 1. The molecule has 0 aromatic heterocycles. The van der Waals surface area contributed by atoms with Crippen molar-refractivity contribution in [2.75, 3.05) is 17.3 Å². The van der Waals surface area contributed by atoms with Gasteiger partial charge in [-0.1, -0.05) is 30.3 Å². The minimum Gasteiger partial charge on any atom is -0.497 e. The van der Waals surface area contributed by atoms with E-state index in [-0.39, 0.29) is 17.1 Å². The SMILES string of the molecule is COc1ccc(C2=C(Nc3ccc(F)cc3)C(=O)N(c3ccccc3)C2=O)cc1. The monoisotopic (exact) mass is 388 g/mol. The third-order valence-electron chi connectivity index (χ3n) is 4.59. The Morgan fingerprint density at radius 3 is 2.10 bits per heavy atom. The van der Waals surface area contributed by atoms with Gasteiger partial charge in [-0.2, -0.15) is 0 Å². The zero-order valence-electron chi connectivity index (χ0n) is 15.6. The number of hydrogen-bond donors (Lipinski definition) is 1. The van der Waals surface area contributed by atoms with E-state index in [1.54, 1.807) is 55.6 Å². The lowest BCUT2D eigenvalue weighted by Crippen LogP contribution is -2.32. The summed E-state index contributed by atoms with van der Waals surface area (Å²) in [5.41, 5.74) is 1.93. The molecule has 1 aliphatic rings. The van der Waals surface area contributed by atoms with Crippen LogP contribution in [-0.4, -0.2) is 18.9 Å². The molecule has 1 aliphatic heterocycles. The number of carbonyl (C=O) groups is 2. The molecule has 1 N–H and O–H groups in total. The number of methoxy groups -OCH3 is 1. The van der Waals surface area contributed by atoms with E-state index >= 15 is 0 Å². The molecule has 0 saturated carbocycles. The molecule has 3 aromatic carbocycles. The molecule has 1 heterocycles. The normalized spacial score (nSPS) is 13.8. The van der Waals surface area contributed by atoms with Crippen LogP contribution in [0.4, 0.5) is 15.8 Å². The Kier molecular flexibility index (Phi) is 4.83. The second kappa shape index (κ2) is 7.59. The van der Waals surface area contributed by atoms with Crippen molar-refractivity contribution >= 4 is 28.8 Å². The Morgan fingerprint density at radius 1 is 0.828 bits per heavy atom. The molecule has 4 rings (SSSR count). The molecule has 3 aromatic rings. The first-order chi connectivity index (χ1) is 14.1. The van der Waals surface area contributed by atoms with Crippen molar-refractivity contribution in [3.8, 4) is 5.75 Å². The summed E-state index contributed by atoms with van der Waals surface area (Å²) in [4.78, 5) is 27.6. The van der Waals surface area contributed by atoms with Gasteiger partial charge in [-0.05, 0) is 54.1 Å². The predicted molar refractivity (Wildman–Crippen MR) is 109 cm³/mol. The molecule has 0 radical (unpaired) electrons. The summed E-state index contributed by atoms with van der Waals surface area (Å²) in [7, 11) is 1.55. The van der Waals surface area contributed by atoms with E-state index in [9.17, 15) is 14.0 Å². The molecule has 0 unspecified atom stereocenters. The summed E-state index contributed by atoms with van der Waals surface area (Å²) in [6.07, 6.45) is 0. The molecule has 0 bridgehead atoms. The molecular formula is C23H17FN2O3. The number of benzene rings is 3. The van der Waals surface area contributed by atoms with E-state index in [2.05, 4.69) is 5.32 Å². The fraction of sp³-hybridized carbons (Fsp3) is 0.0435. The molecule has 0 aliphatic carbocycles. The van der Waals surface area contributed by atoms with Crippen LogP contribution in [0.1, 0.15) is 5.56 Å². The number of rotatable bonds is 5. The summed E-state index contributed by atoms with van der Waals surface area (Å²) in [6.45, 7) is 0. The van der Waals surface area contributed by atoms with E-state index in [4.69, 9.17) is 4.74 Å². The van der Waals surface area contributed by atoms with Crippen LogP contribution in [0.5, 0.6) is 5.75 Å². The van der Waals surface area contributed by atoms with Crippen molar-refractivity contribution in [2.45, 2.75) is 0 Å². The quantitative estimate of drug-likeness (QED) is 0.665. The number of carbonyl (C=O) groups excluding carboxylic acids is 2. The highest BCUT2D eigenvalue weighted by atomic mass is 19.1. The number of imide groups is 1. The van der Waals surface area contributed by atoms with Crippen molar-refractivity contribution in [1.82, 2.24) is 0 Å². The van der Waals surface area contributed by atoms with Gasteiger partial charge in [0.15, 0.2) is 0 Å². The lowest BCUT2D eigenvalue weighted by atomic mass is 10.0. The first-order valence-electron chi connectivity index (χ1n) is 8.93. The Bertz CT molecular complexity index is 1090. The first-order valence-corrected chi connectivity index (χ1v) is 8.93. The predicted octanol–water partition coefficient (Wildman–Crippen LogP) is 4.23. The molecule has 5 nitrogen and oxygen atoms in total. The molecule has 6 heteroatoms. The van der Waals surface area contributed by atoms with Gasteiger partial charge in [0.05, 0.1) is 18.4 Å². The van der Waals surface area contributed by atoms with Crippen LogP contribution < -0.4 is 15.0 Å². The number of hydrogen-bond acceptors (Lipinski definition) is 4. The summed E-state index contributed by atoms with van der Waals surface area (Å²) in [5, 5.41) is 2.99. The van der Waals surface area contributed by atoms with Crippen molar-refractivity contribution in [3.05, 3.63) is 95.9 Å². The smallest absolute Gasteiger partial charge is 0.282 e. The third kappa shape index (κ3) is 3.48. The molecule has 0 spiro atoms. The van der Waals surface area contributed by atoms with Gasteiger partial charge in [-0.3, -0.25) is 9.59 Å². The molecule has 2 amide bonds. The van der Waals surface area contributed by atoms with Crippen molar-refractivity contribution in [3.63, 3.8) is 0 Å². The summed E-state index contributed by atoms with van der Waals surface area (Å²) in [5.74, 6) is -0.661. The highest BCUT2D eigenvalue weighted by Crippen LogP contribution is 2.34. The largest absolute Gasteiger partial charge is 0.497 e. The lowest BCUT2D eigenvalue weighted by molar-refractivity contribution is -0.120. The second-order valence-electron chi connectivity index (χ2n) is 6.39. The van der Waals surface area contributed by atoms with Gasteiger partial charge in [-0.25, -0.2) is 9.29 Å². The van der Waals surface area contributed by atoms with Gasteiger partial charge in [0.1, 0.15) is 17.3 Å². The Balaban J connectivity index is 1.80. The fourth-order valence-electron chi connectivity index (χ4n) is 3.16. The van der Waals surface area contributed by atoms with Gasteiger partial charge in [0.2, 0.25) is 0 Å². The second-order valence-corrected chi connectivity index (χ2v) is 6.39. The van der Waals surface area contributed by atoms with Crippen LogP contribution in [0, 0.1) is 5.82 Å². The maximum atomic E-state index is 13.3. The van der Waals surface area contributed by atoms with Crippen LogP contribution >= 0.6 is 0 Å². The van der Waals surface area contributed by atoms with Crippen molar-refractivity contribution in [1.29, 1.82) is 0 Å². The topological polar surface area (TPSA) is 58.6 Å². The number of ether oxygens (including phenoxy) is 1. The average molecular weight is 388 g/mol. The first kappa shape index (κ1) is 18.4. The van der Waals surface area contributed by atoms with E-state index in [1.807, 2.05) is 6.07 Å². The average Bonchev–Trinajstić information content (AvgIpc) is 3.00. The summed E-state index contributed by atoms with van der Waals surface area (Å²) < 4.78 is 18.4. The summed E-state index contributed by atoms with van der Waals surface area (Å²) >= 11 is 0. The zero-order chi connectivity index (χ0) is 20.4. The molecule has 0 saturated heterocycles. The standard InChI is InChI=1S/C23H17FN2O3/c1-29-19-13-7-15(8-14-19)20-21(25-17-11-9-16(24)10-12-17)23(28)26(22(20)27)18-5-3-2-4-6-18/h2-14,25H,1H3. The molecule has 29 heavy (non-hydrogen) atoms. The maximum absolute atomic E-state index is 13.3. The van der Waals surface area contributed by atoms with Crippen LogP contribution in [0.2, 0.25) is 0 Å². The number of para-hydroxylation sites is 1. The Labute approximate surface area is 167 Å². The Morgan fingerprint density at radius 2 is 1.48 bits per heavy atom. The minimum atomic E-state index is -0.476. The molecular weight excluding hydrogens is 371 g/mol. The fourth-order valence-corrected chi connectivity index (χ4v) is 3.16.